The van der Waals surface area contributed by atoms with Crippen molar-refractivity contribution in [1.82, 2.24) is 4.90 Å². The van der Waals surface area contributed by atoms with E-state index in [1.165, 1.54) is 154 Å². The number of carbonyl (C=O) groups excluding carboxylic acids is 2. The van der Waals surface area contributed by atoms with Gasteiger partial charge in [0.15, 0.2) is 0 Å². The van der Waals surface area contributed by atoms with Crippen molar-refractivity contribution in [3.63, 3.8) is 0 Å². The Labute approximate surface area is 331 Å². The van der Waals surface area contributed by atoms with E-state index >= 15 is 0 Å². The Morgan fingerprint density at radius 3 is 1.13 bits per heavy atom. The fraction of sp³-hybridized carbons (Fsp3) is 0.957. The highest BCUT2D eigenvalue weighted by molar-refractivity contribution is 5.69. The highest BCUT2D eigenvalue weighted by atomic mass is 16.5. The Morgan fingerprint density at radius 2 is 0.736 bits per heavy atom. The lowest BCUT2D eigenvalue weighted by Crippen LogP contribution is -2.28. The molecular formula is C47H94N2O4. The number of esters is 2. The SMILES string of the molecule is CCCCCCCCC(CCCCCCCC)OC(=O)CCCCCCCN(CCCN)CCCCCCCC(=O)O[C@@H](CC)CCCCCCCC. The number of nitrogens with two attached hydrogens (primary N) is 1. The molecule has 0 aliphatic carbocycles. The molecule has 0 amide bonds. The Morgan fingerprint density at radius 1 is 0.415 bits per heavy atom. The molecular weight excluding hydrogens is 657 g/mol. The monoisotopic (exact) mass is 751 g/mol. The number of ether oxygens (including phenoxy) is 2. The van der Waals surface area contributed by atoms with Gasteiger partial charge >= 0.3 is 11.9 Å². The van der Waals surface area contributed by atoms with Crippen molar-refractivity contribution in [2.24, 2.45) is 5.73 Å². The summed E-state index contributed by atoms with van der Waals surface area (Å²) in [6, 6.07) is 0. The van der Waals surface area contributed by atoms with E-state index in [-0.39, 0.29) is 24.1 Å². The number of nitrogens with zero attached hydrogens (tertiary/aromatic N) is 1. The summed E-state index contributed by atoms with van der Waals surface area (Å²) in [6.07, 6.45) is 41.0. The van der Waals surface area contributed by atoms with Gasteiger partial charge in [0.2, 0.25) is 0 Å². The molecule has 0 aromatic heterocycles. The first kappa shape index (κ1) is 51.9. The van der Waals surface area contributed by atoms with Gasteiger partial charge in [-0.25, -0.2) is 0 Å². The van der Waals surface area contributed by atoms with Gasteiger partial charge in [0, 0.05) is 12.8 Å². The van der Waals surface area contributed by atoms with Crippen LogP contribution in [0.15, 0.2) is 0 Å². The molecule has 0 aliphatic heterocycles. The molecule has 0 aromatic rings. The smallest absolute Gasteiger partial charge is 0.306 e. The summed E-state index contributed by atoms with van der Waals surface area (Å²) in [7, 11) is 0. The lowest BCUT2D eigenvalue weighted by Gasteiger charge is -2.22. The molecule has 0 saturated carbocycles. The van der Waals surface area contributed by atoms with E-state index in [1.807, 2.05) is 0 Å². The maximum Gasteiger partial charge on any atom is 0.306 e. The molecule has 0 fully saturated rings. The van der Waals surface area contributed by atoms with Gasteiger partial charge in [-0.05, 0) is 103 Å². The van der Waals surface area contributed by atoms with Gasteiger partial charge < -0.3 is 20.1 Å². The molecule has 0 spiro atoms. The molecule has 1 atom stereocenters. The summed E-state index contributed by atoms with van der Waals surface area (Å²) in [5.74, 6) is 0.0331. The van der Waals surface area contributed by atoms with Crippen molar-refractivity contribution in [2.75, 3.05) is 26.2 Å². The van der Waals surface area contributed by atoms with Crippen LogP contribution in [0.4, 0.5) is 0 Å². The van der Waals surface area contributed by atoms with Crippen LogP contribution < -0.4 is 5.73 Å². The highest BCUT2D eigenvalue weighted by Gasteiger charge is 2.15. The van der Waals surface area contributed by atoms with Crippen LogP contribution in [0.2, 0.25) is 0 Å². The number of hydrogen-bond donors (Lipinski definition) is 1. The predicted octanol–water partition coefficient (Wildman–Crippen LogP) is 13.8. The van der Waals surface area contributed by atoms with Crippen LogP contribution in [-0.2, 0) is 19.1 Å². The van der Waals surface area contributed by atoms with E-state index in [0.29, 0.717) is 12.8 Å². The zero-order valence-electron chi connectivity index (χ0n) is 36.4. The molecule has 0 unspecified atom stereocenters. The fourth-order valence-corrected chi connectivity index (χ4v) is 7.48. The van der Waals surface area contributed by atoms with E-state index in [1.54, 1.807) is 0 Å². The van der Waals surface area contributed by atoms with Crippen LogP contribution in [0, 0.1) is 0 Å². The summed E-state index contributed by atoms with van der Waals surface area (Å²) in [4.78, 5) is 27.7. The lowest BCUT2D eigenvalue weighted by molar-refractivity contribution is -0.150. The largest absolute Gasteiger partial charge is 0.462 e. The minimum Gasteiger partial charge on any atom is -0.462 e. The molecule has 0 bridgehead atoms. The normalized spacial score (nSPS) is 12.2. The maximum atomic E-state index is 12.7. The first-order valence-corrected chi connectivity index (χ1v) is 23.8. The molecule has 53 heavy (non-hydrogen) atoms. The number of rotatable bonds is 43. The van der Waals surface area contributed by atoms with Crippen LogP contribution in [-0.4, -0.2) is 55.2 Å². The molecule has 0 rings (SSSR count). The molecule has 0 heterocycles. The average Bonchev–Trinajstić information content (AvgIpc) is 3.15. The zero-order chi connectivity index (χ0) is 38.9. The summed E-state index contributed by atoms with van der Waals surface area (Å²) >= 11 is 0. The molecule has 316 valence electrons. The fourth-order valence-electron chi connectivity index (χ4n) is 7.48. The minimum absolute atomic E-state index is 0.00182. The number of carbonyl (C=O) groups is 2. The number of hydrogen-bond acceptors (Lipinski definition) is 6. The van der Waals surface area contributed by atoms with Crippen molar-refractivity contribution >= 4 is 11.9 Å². The van der Waals surface area contributed by atoms with Crippen LogP contribution in [0.3, 0.4) is 0 Å². The van der Waals surface area contributed by atoms with Crippen molar-refractivity contribution < 1.29 is 19.1 Å². The van der Waals surface area contributed by atoms with Gasteiger partial charge in [0.05, 0.1) is 0 Å². The van der Waals surface area contributed by atoms with Crippen LogP contribution in [0.1, 0.15) is 252 Å². The van der Waals surface area contributed by atoms with Crippen LogP contribution >= 0.6 is 0 Å². The Kier molecular flexibility index (Phi) is 41.1. The van der Waals surface area contributed by atoms with Crippen molar-refractivity contribution in [3.05, 3.63) is 0 Å². The Bertz CT molecular complexity index is 747. The molecule has 6 nitrogen and oxygen atoms in total. The standard InChI is InChI=1S/C47H94N2O4/c1-5-9-12-15-20-27-35-44(8-4)52-46(50)38-30-23-18-25-32-41-49(43-34-40-48)42-33-26-19-24-31-39-47(51)53-45(36-28-21-16-13-10-6-2)37-29-22-17-14-11-7-3/h44-45H,5-43,48H2,1-4H3/t44-/m0/s1. The molecule has 0 saturated heterocycles. The van der Waals surface area contributed by atoms with Crippen molar-refractivity contribution in [3.8, 4) is 0 Å². The van der Waals surface area contributed by atoms with E-state index in [0.717, 1.165) is 84.0 Å². The molecule has 0 aromatic carbocycles. The van der Waals surface area contributed by atoms with Gasteiger partial charge in [-0.2, -0.15) is 0 Å². The minimum atomic E-state index is 0.00182. The van der Waals surface area contributed by atoms with Gasteiger partial charge in [-0.15, -0.1) is 0 Å². The first-order chi connectivity index (χ1) is 26.0. The summed E-state index contributed by atoms with van der Waals surface area (Å²) in [6.45, 7) is 13.0. The molecule has 0 aliphatic rings. The molecule has 0 radical (unpaired) electrons. The zero-order valence-corrected chi connectivity index (χ0v) is 36.4. The topological polar surface area (TPSA) is 81.9 Å². The maximum absolute atomic E-state index is 12.7. The van der Waals surface area contributed by atoms with Gasteiger partial charge in [0.1, 0.15) is 12.2 Å². The Hall–Kier alpha value is -1.14. The third kappa shape index (κ3) is 37.6. The summed E-state index contributed by atoms with van der Waals surface area (Å²) in [5.41, 5.74) is 5.85. The van der Waals surface area contributed by atoms with E-state index in [4.69, 9.17) is 15.2 Å². The molecule has 2 N–H and O–H groups in total. The van der Waals surface area contributed by atoms with E-state index in [2.05, 4.69) is 32.6 Å². The van der Waals surface area contributed by atoms with Gasteiger partial charge in [-0.3, -0.25) is 9.59 Å². The van der Waals surface area contributed by atoms with E-state index < -0.39 is 0 Å². The van der Waals surface area contributed by atoms with Gasteiger partial charge in [-0.1, -0.05) is 163 Å². The Balaban J connectivity index is 4.12. The third-order valence-electron chi connectivity index (χ3n) is 11.1. The number of unbranched alkanes of at least 4 members (excludes halogenated alkanes) is 23. The third-order valence-corrected chi connectivity index (χ3v) is 11.1. The quantitative estimate of drug-likeness (QED) is 0.0494. The van der Waals surface area contributed by atoms with Gasteiger partial charge in [0.25, 0.3) is 0 Å². The summed E-state index contributed by atoms with van der Waals surface area (Å²) in [5, 5.41) is 0. The van der Waals surface area contributed by atoms with Crippen molar-refractivity contribution in [1.29, 1.82) is 0 Å². The van der Waals surface area contributed by atoms with Crippen LogP contribution in [0.5, 0.6) is 0 Å². The van der Waals surface area contributed by atoms with E-state index in [9.17, 15) is 9.59 Å². The predicted molar refractivity (Wildman–Crippen MR) is 230 cm³/mol. The second kappa shape index (κ2) is 42.0. The van der Waals surface area contributed by atoms with Crippen LogP contribution in [0.25, 0.3) is 0 Å². The second-order valence-corrected chi connectivity index (χ2v) is 16.3. The lowest BCUT2D eigenvalue weighted by atomic mass is 10.0. The van der Waals surface area contributed by atoms with Crippen molar-refractivity contribution in [2.45, 2.75) is 265 Å². The molecule has 6 heteroatoms. The average molecular weight is 751 g/mol. The first-order valence-electron chi connectivity index (χ1n) is 23.8. The summed E-state index contributed by atoms with van der Waals surface area (Å²) < 4.78 is 11.8. The highest BCUT2D eigenvalue weighted by Crippen LogP contribution is 2.19. The second-order valence-electron chi connectivity index (χ2n) is 16.3.